The smallest absolute Gasteiger partial charge is 0.407 e. The van der Waals surface area contributed by atoms with Gasteiger partial charge in [-0.1, -0.05) is 48.5 Å². The summed E-state index contributed by atoms with van der Waals surface area (Å²) in [5, 5.41) is 12.1. The molecular formula is C28H32N2O5. The average Bonchev–Trinajstić information content (AvgIpc) is 3.32. The predicted octanol–water partition coefficient (Wildman–Crippen LogP) is 4.55. The second kappa shape index (κ2) is 10.1. The number of hydrogen-bond acceptors (Lipinski definition) is 4. The maximum atomic E-state index is 12.7. The molecule has 2 unspecified atom stereocenters. The van der Waals surface area contributed by atoms with Crippen LogP contribution in [-0.2, 0) is 14.3 Å². The van der Waals surface area contributed by atoms with Gasteiger partial charge >= 0.3 is 12.1 Å². The molecule has 2 atom stereocenters. The molecule has 2 heterocycles. The second-order valence-electron chi connectivity index (χ2n) is 9.90. The topological polar surface area (TPSA) is 95.9 Å². The van der Waals surface area contributed by atoms with E-state index in [1.165, 1.54) is 22.3 Å². The number of hydrogen-bond donors (Lipinski definition) is 2. The van der Waals surface area contributed by atoms with E-state index in [0.29, 0.717) is 38.6 Å². The second-order valence-corrected chi connectivity index (χ2v) is 9.90. The number of rotatable bonds is 8. The van der Waals surface area contributed by atoms with Gasteiger partial charge in [-0.3, -0.25) is 9.59 Å². The van der Waals surface area contributed by atoms with Crippen molar-refractivity contribution < 1.29 is 24.2 Å². The first-order chi connectivity index (χ1) is 17.0. The fraction of sp³-hybridized carbons (Fsp3) is 0.464. The number of ether oxygens (including phenoxy) is 1. The number of piperidine rings is 1. The highest BCUT2D eigenvalue weighted by Crippen LogP contribution is 2.44. The van der Waals surface area contributed by atoms with Crippen LogP contribution in [0.5, 0.6) is 0 Å². The van der Waals surface area contributed by atoms with Crippen LogP contribution >= 0.6 is 0 Å². The molecule has 184 valence electrons. The zero-order chi connectivity index (χ0) is 24.4. The van der Waals surface area contributed by atoms with Crippen molar-refractivity contribution in [2.75, 3.05) is 13.2 Å². The van der Waals surface area contributed by atoms with Gasteiger partial charge < -0.3 is 20.1 Å². The van der Waals surface area contributed by atoms with Gasteiger partial charge in [0.2, 0.25) is 5.91 Å². The first-order valence-corrected chi connectivity index (χ1v) is 12.7. The van der Waals surface area contributed by atoms with Gasteiger partial charge in [0.05, 0.1) is 5.92 Å². The summed E-state index contributed by atoms with van der Waals surface area (Å²) in [7, 11) is 0. The zero-order valence-electron chi connectivity index (χ0n) is 19.8. The molecule has 7 heteroatoms. The van der Waals surface area contributed by atoms with Crippen LogP contribution in [0.2, 0.25) is 0 Å². The minimum Gasteiger partial charge on any atom is -0.481 e. The maximum absolute atomic E-state index is 12.7. The summed E-state index contributed by atoms with van der Waals surface area (Å²) in [5.74, 6) is -0.917. The van der Waals surface area contributed by atoms with E-state index in [0.717, 1.165) is 12.8 Å². The Morgan fingerprint density at radius 2 is 1.51 bits per heavy atom. The summed E-state index contributed by atoms with van der Waals surface area (Å²) < 4.78 is 5.56. The molecule has 2 aromatic carbocycles. The van der Waals surface area contributed by atoms with E-state index in [1.807, 2.05) is 29.2 Å². The number of nitrogens with zero attached hydrogens (tertiary/aromatic N) is 1. The fourth-order valence-electron chi connectivity index (χ4n) is 6.16. The number of carboxylic acid groups (broad SMARTS) is 1. The highest BCUT2D eigenvalue weighted by atomic mass is 16.5. The lowest BCUT2D eigenvalue weighted by Gasteiger charge is -2.37. The largest absolute Gasteiger partial charge is 0.481 e. The van der Waals surface area contributed by atoms with Crippen LogP contribution < -0.4 is 5.32 Å². The molecule has 0 aromatic heterocycles. The molecule has 2 fully saturated rings. The van der Waals surface area contributed by atoms with Crippen LogP contribution in [0.4, 0.5) is 4.79 Å². The Hall–Kier alpha value is -3.35. The quantitative estimate of drug-likeness (QED) is 0.545. The maximum Gasteiger partial charge on any atom is 0.407 e. The molecule has 2 aromatic rings. The number of fused-ring (bicyclic) bond motifs is 5. The van der Waals surface area contributed by atoms with E-state index >= 15 is 0 Å². The van der Waals surface area contributed by atoms with Crippen LogP contribution in [0.1, 0.15) is 62.0 Å². The van der Waals surface area contributed by atoms with E-state index in [-0.39, 0.29) is 36.4 Å². The summed E-state index contributed by atoms with van der Waals surface area (Å²) in [5.41, 5.74) is 4.76. The first-order valence-electron chi connectivity index (χ1n) is 12.7. The van der Waals surface area contributed by atoms with Gasteiger partial charge in [-0.15, -0.1) is 0 Å². The highest BCUT2D eigenvalue weighted by Gasteiger charge is 2.44. The van der Waals surface area contributed by atoms with Crippen molar-refractivity contribution in [1.29, 1.82) is 0 Å². The molecule has 0 saturated carbocycles. The average molecular weight is 477 g/mol. The summed E-state index contributed by atoms with van der Waals surface area (Å²) in [6, 6.07) is 16.6. The van der Waals surface area contributed by atoms with Crippen molar-refractivity contribution in [3.8, 4) is 11.1 Å². The zero-order valence-corrected chi connectivity index (χ0v) is 19.8. The normalized spacial score (nSPS) is 22.4. The van der Waals surface area contributed by atoms with Crippen LogP contribution in [0.15, 0.2) is 48.5 Å². The summed E-state index contributed by atoms with van der Waals surface area (Å²) in [6.45, 7) is 0.741. The molecule has 35 heavy (non-hydrogen) atoms. The van der Waals surface area contributed by atoms with Crippen molar-refractivity contribution in [2.24, 2.45) is 5.92 Å². The molecule has 0 radical (unpaired) electrons. The van der Waals surface area contributed by atoms with Gasteiger partial charge in [0.25, 0.3) is 0 Å². The Bertz CT molecular complexity index is 1060. The number of nitrogens with one attached hydrogen (secondary N) is 1. The molecule has 5 rings (SSSR count). The van der Waals surface area contributed by atoms with E-state index in [2.05, 4.69) is 29.6 Å². The predicted molar refractivity (Wildman–Crippen MR) is 131 cm³/mol. The van der Waals surface area contributed by atoms with Crippen molar-refractivity contribution in [2.45, 2.75) is 62.9 Å². The molecule has 2 aliphatic heterocycles. The first kappa shape index (κ1) is 23.4. The van der Waals surface area contributed by atoms with Gasteiger partial charge in [0, 0.05) is 31.0 Å². The van der Waals surface area contributed by atoms with Crippen LogP contribution in [0, 0.1) is 5.92 Å². The third kappa shape index (κ3) is 4.77. The molecule has 2 N–H and O–H groups in total. The van der Waals surface area contributed by atoms with Crippen LogP contribution in [-0.4, -0.2) is 53.2 Å². The lowest BCUT2D eigenvalue weighted by molar-refractivity contribution is -0.148. The molecule has 2 saturated heterocycles. The third-order valence-corrected chi connectivity index (χ3v) is 7.80. The minimum atomic E-state index is -0.742. The van der Waals surface area contributed by atoms with Gasteiger partial charge in [0.1, 0.15) is 6.61 Å². The number of amides is 2. The third-order valence-electron chi connectivity index (χ3n) is 7.80. The Kier molecular flexibility index (Phi) is 6.75. The number of benzene rings is 2. The van der Waals surface area contributed by atoms with E-state index in [1.54, 1.807) is 0 Å². The van der Waals surface area contributed by atoms with E-state index < -0.39 is 12.1 Å². The standard InChI is InChI=1S/C28H32N2O5/c31-26(30-19-12-13-20(30)16-18(15-19)27(32)33)11-5-6-14-29-28(34)35-17-25-23-9-3-1-7-21(23)22-8-2-4-10-24(22)25/h1-4,7-10,18-20,25H,5-6,11-17H2,(H,29,34)(H,32,33). The SMILES string of the molecule is O=C(NCCCCC(=O)N1C2CCC1CC(C(=O)O)C2)OCC1c2ccccc2-c2ccccc21. The number of carboxylic acids is 1. The molecule has 2 amide bonds. The van der Waals surface area contributed by atoms with E-state index in [4.69, 9.17) is 4.74 Å². The number of alkyl carbamates (subject to hydrolysis) is 1. The monoisotopic (exact) mass is 476 g/mol. The summed E-state index contributed by atoms with van der Waals surface area (Å²) in [4.78, 5) is 38.3. The van der Waals surface area contributed by atoms with Crippen LogP contribution in [0.3, 0.4) is 0 Å². The molecule has 3 aliphatic rings. The van der Waals surface area contributed by atoms with Crippen LogP contribution in [0.25, 0.3) is 11.1 Å². The molecule has 0 spiro atoms. The Labute approximate surface area is 205 Å². The van der Waals surface area contributed by atoms with E-state index in [9.17, 15) is 19.5 Å². The highest BCUT2D eigenvalue weighted by molar-refractivity contribution is 5.79. The lowest BCUT2D eigenvalue weighted by Crippen LogP contribution is -2.47. The van der Waals surface area contributed by atoms with Gasteiger partial charge in [-0.25, -0.2) is 4.79 Å². The summed E-state index contributed by atoms with van der Waals surface area (Å²) in [6.07, 6.45) is 4.32. The molecular weight excluding hydrogens is 444 g/mol. The van der Waals surface area contributed by atoms with Crippen molar-refractivity contribution >= 4 is 18.0 Å². The van der Waals surface area contributed by atoms with Crippen molar-refractivity contribution in [3.05, 3.63) is 59.7 Å². The molecule has 7 nitrogen and oxygen atoms in total. The Morgan fingerprint density at radius 3 is 2.11 bits per heavy atom. The van der Waals surface area contributed by atoms with Gasteiger partial charge in [0.15, 0.2) is 0 Å². The molecule has 2 bridgehead atoms. The van der Waals surface area contributed by atoms with Crippen molar-refractivity contribution in [3.63, 3.8) is 0 Å². The lowest BCUT2D eigenvalue weighted by atomic mass is 9.90. The van der Waals surface area contributed by atoms with Gasteiger partial charge in [-0.05, 0) is 60.8 Å². The van der Waals surface area contributed by atoms with Gasteiger partial charge in [-0.2, -0.15) is 0 Å². The Morgan fingerprint density at radius 1 is 0.914 bits per heavy atom. The van der Waals surface area contributed by atoms with Crippen molar-refractivity contribution in [1.82, 2.24) is 10.2 Å². The number of unbranched alkanes of at least 4 members (excludes halogenated alkanes) is 1. The summed E-state index contributed by atoms with van der Waals surface area (Å²) >= 11 is 0. The number of carbonyl (C=O) groups is 3. The minimum absolute atomic E-state index is 0.0337. The Balaban J connectivity index is 1.03. The number of carbonyl (C=O) groups excluding carboxylic acids is 2. The fourth-order valence-corrected chi connectivity index (χ4v) is 6.16. The number of aliphatic carboxylic acids is 1. The molecule has 1 aliphatic carbocycles.